The van der Waals surface area contributed by atoms with Crippen LogP contribution in [0.4, 0.5) is 0 Å². The average Bonchev–Trinajstić information content (AvgIpc) is 3.04. The molecule has 0 radical (unpaired) electrons. The normalized spacial score (nSPS) is 22.5. The Balaban J connectivity index is 2.14. The second kappa shape index (κ2) is 5.87. The van der Waals surface area contributed by atoms with Crippen LogP contribution in [0.3, 0.4) is 0 Å². The molecule has 1 saturated heterocycles. The van der Waals surface area contributed by atoms with Crippen molar-refractivity contribution < 1.29 is 14.3 Å². The summed E-state index contributed by atoms with van der Waals surface area (Å²) in [4.78, 5) is 16.9. The molecule has 6 nitrogen and oxygen atoms in total. The minimum absolute atomic E-state index is 0.0166. The smallest absolute Gasteiger partial charge is 0.255 e. The molecule has 0 bridgehead atoms. The SMILES string of the molecule is COC[C@@H]1C[C@@H](OC)CN1C(=O)c1c[nH]c(C#N)c1. The van der Waals surface area contributed by atoms with Gasteiger partial charge < -0.3 is 19.4 Å². The molecule has 1 aliphatic heterocycles. The van der Waals surface area contributed by atoms with Gasteiger partial charge >= 0.3 is 0 Å². The van der Waals surface area contributed by atoms with Gasteiger partial charge in [0, 0.05) is 27.0 Å². The molecule has 2 atom stereocenters. The number of amides is 1. The van der Waals surface area contributed by atoms with Gasteiger partial charge in [-0.15, -0.1) is 0 Å². The number of hydrogen-bond donors (Lipinski definition) is 1. The number of nitriles is 1. The van der Waals surface area contributed by atoms with Gasteiger partial charge in [-0.05, 0) is 12.5 Å². The molecule has 0 saturated carbocycles. The van der Waals surface area contributed by atoms with Crippen LogP contribution in [0.1, 0.15) is 22.5 Å². The highest BCUT2D eigenvalue weighted by molar-refractivity contribution is 5.94. The fourth-order valence-electron chi connectivity index (χ4n) is 2.39. The van der Waals surface area contributed by atoms with Crippen molar-refractivity contribution in [2.24, 2.45) is 0 Å². The molecule has 0 spiro atoms. The lowest BCUT2D eigenvalue weighted by Crippen LogP contribution is -2.38. The summed E-state index contributed by atoms with van der Waals surface area (Å²) in [6, 6.07) is 3.55. The third-order valence-corrected chi connectivity index (χ3v) is 3.38. The van der Waals surface area contributed by atoms with E-state index in [0.717, 1.165) is 6.42 Å². The van der Waals surface area contributed by atoms with E-state index in [1.807, 2.05) is 6.07 Å². The van der Waals surface area contributed by atoms with Crippen molar-refractivity contribution in [2.75, 3.05) is 27.4 Å². The number of aromatic nitrogens is 1. The average molecular weight is 263 g/mol. The van der Waals surface area contributed by atoms with E-state index >= 15 is 0 Å². The summed E-state index contributed by atoms with van der Waals surface area (Å²) in [6.45, 7) is 1.04. The predicted molar refractivity (Wildman–Crippen MR) is 67.6 cm³/mol. The zero-order valence-electron chi connectivity index (χ0n) is 11.0. The molecule has 1 aliphatic rings. The van der Waals surface area contributed by atoms with Crippen LogP contribution in [0, 0.1) is 11.3 Å². The second-order valence-electron chi connectivity index (χ2n) is 4.57. The molecule has 1 fully saturated rings. The Labute approximate surface area is 111 Å². The number of carbonyl (C=O) groups excluding carboxylic acids is 1. The van der Waals surface area contributed by atoms with E-state index in [9.17, 15) is 4.79 Å². The number of methoxy groups -OCH3 is 2. The van der Waals surface area contributed by atoms with Gasteiger partial charge in [-0.25, -0.2) is 0 Å². The largest absolute Gasteiger partial charge is 0.383 e. The van der Waals surface area contributed by atoms with E-state index in [4.69, 9.17) is 14.7 Å². The Morgan fingerprint density at radius 1 is 1.63 bits per heavy atom. The van der Waals surface area contributed by atoms with Crippen LogP contribution < -0.4 is 0 Å². The fourth-order valence-corrected chi connectivity index (χ4v) is 2.39. The topological polar surface area (TPSA) is 78.3 Å². The van der Waals surface area contributed by atoms with Crippen molar-refractivity contribution in [3.05, 3.63) is 23.5 Å². The number of rotatable bonds is 4. The maximum absolute atomic E-state index is 12.4. The Hall–Kier alpha value is -1.84. The highest BCUT2D eigenvalue weighted by Crippen LogP contribution is 2.22. The van der Waals surface area contributed by atoms with Gasteiger partial charge in [0.2, 0.25) is 0 Å². The molecule has 1 aromatic rings. The maximum Gasteiger partial charge on any atom is 0.255 e. The zero-order valence-corrected chi connectivity index (χ0v) is 11.0. The summed E-state index contributed by atoms with van der Waals surface area (Å²) < 4.78 is 10.5. The number of carbonyl (C=O) groups is 1. The lowest BCUT2D eigenvalue weighted by Gasteiger charge is -2.23. The Bertz CT molecular complexity index is 492. The van der Waals surface area contributed by atoms with Crippen LogP contribution in [0.25, 0.3) is 0 Å². The molecular weight excluding hydrogens is 246 g/mol. The van der Waals surface area contributed by atoms with E-state index < -0.39 is 0 Å². The van der Waals surface area contributed by atoms with Crippen molar-refractivity contribution in [1.82, 2.24) is 9.88 Å². The van der Waals surface area contributed by atoms with E-state index in [2.05, 4.69) is 4.98 Å². The summed E-state index contributed by atoms with van der Waals surface area (Å²) >= 11 is 0. The molecular formula is C13H17N3O3. The maximum atomic E-state index is 12.4. The van der Waals surface area contributed by atoms with E-state index in [-0.39, 0.29) is 18.1 Å². The van der Waals surface area contributed by atoms with Gasteiger partial charge in [-0.1, -0.05) is 0 Å². The van der Waals surface area contributed by atoms with Crippen molar-refractivity contribution in [3.63, 3.8) is 0 Å². The number of ether oxygens (including phenoxy) is 2. The minimum Gasteiger partial charge on any atom is -0.383 e. The van der Waals surface area contributed by atoms with Gasteiger partial charge in [0.15, 0.2) is 0 Å². The first kappa shape index (κ1) is 13.6. The number of likely N-dealkylation sites (tertiary alicyclic amines) is 1. The summed E-state index contributed by atoms with van der Waals surface area (Å²) in [6.07, 6.45) is 2.37. The Morgan fingerprint density at radius 3 is 3.00 bits per heavy atom. The molecule has 0 unspecified atom stereocenters. The van der Waals surface area contributed by atoms with E-state index in [1.54, 1.807) is 31.4 Å². The van der Waals surface area contributed by atoms with Crippen LogP contribution in [-0.2, 0) is 9.47 Å². The Morgan fingerprint density at radius 2 is 2.42 bits per heavy atom. The number of nitrogens with one attached hydrogen (secondary N) is 1. The Kier molecular flexibility index (Phi) is 4.20. The molecule has 1 aromatic heterocycles. The van der Waals surface area contributed by atoms with Gasteiger partial charge in [-0.2, -0.15) is 5.26 Å². The van der Waals surface area contributed by atoms with Gasteiger partial charge in [-0.3, -0.25) is 4.79 Å². The highest BCUT2D eigenvalue weighted by atomic mass is 16.5. The molecule has 2 heterocycles. The van der Waals surface area contributed by atoms with Gasteiger partial charge in [0.05, 0.1) is 24.3 Å². The molecule has 102 valence electrons. The van der Waals surface area contributed by atoms with E-state index in [0.29, 0.717) is 24.4 Å². The molecule has 1 N–H and O–H groups in total. The predicted octanol–water partition coefficient (Wildman–Crippen LogP) is 0.762. The first-order valence-corrected chi connectivity index (χ1v) is 6.10. The molecule has 0 aromatic carbocycles. The molecule has 1 amide bonds. The molecule has 6 heteroatoms. The number of hydrogen-bond acceptors (Lipinski definition) is 4. The van der Waals surface area contributed by atoms with Crippen molar-refractivity contribution in [1.29, 1.82) is 5.26 Å². The lowest BCUT2D eigenvalue weighted by molar-refractivity contribution is 0.0612. The van der Waals surface area contributed by atoms with Crippen LogP contribution in [-0.4, -0.2) is 55.3 Å². The summed E-state index contributed by atoms with van der Waals surface area (Å²) in [5, 5.41) is 8.77. The first-order valence-electron chi connectivity index (χ1n) is 6.10. The molecule has 2 rings (SSSR count). The first-order chi connectivity index (χ1) is 9.19. The van der Waals surface area contributed by atoms with Crippen LogP contribution >= 0.6 is 0 Å². The second-order valence-corrected chi connectivity index (χ2v) is 4.57. The molecule has 19 heavy (non-hydrogen) atoms. The minimum atomic E-state index is -0.0978. The zero-order chi connectivity index (χ0) is 13.8. The van der Waals surface area contributed by atoms with Crippen LogP contribution in [0.5, 0.6) is 0 Å². The van der Waals surface area contributed by atoms with Gasteiger partial charge in [0.1, 0.15) is 11.8 Å². The monoisotopic (exact) mass is 263 g/mol. The lowest BCUT2D eigenvalue weighted by atomic mass is 10.2. The fraction of sp³-hybridized carbons (Fsp3) is 0.538. The van der Waals surface area contributed by atoms with Crippen molar-refractivity contribution >= 4 is 5.91 Å². The summed E-state index contributed by atoms with van der Waals surface area (Å²) in [7, 11) is 3.26. The van der Waals surface area contributed by atoms with Crippen molar-refractivity contribution in [2.45, 2.75) is 18.6 Å². The number of aromatic amines is 1. The van der Waals surface area contributed by atoms with Gasteiger partial charge in [0.25, 0.3) is 5.91 Å². The van der Waals surface area contributed by atoms with Crippen LogP contribution in [0.15, 0.2) is 12.3 Å². The summed E-state index contributed by atoms with van der Waals surface area (Å²) in [5.74, 6) is -0.0978. The quantitative estimate of drug-likeness (QED) is 0.870. The summed E-state index contributed by atoms with van der Waals surface area (Å²) in [5.41, 5.74) is 0.878. The highest BCUT2D eigenvalue weighted by Gasteiger charge is 2.35. The third kappa shape index (κ3) is 2.78. The number of H-pyrrole nitrogens is 1. The van der Waals surface area contributed by atoms with E-state index in [1.165, 1.54) is 0 Å². The van der Waals surface area contributed by atoms with Crippen LogP contribution in [0.2, 0.25) is 0 Å². The number of nitrogens with zero attached hydrogens (tertiary/aromatic N) is 2. The third-order valence-electron chi connectivity index (χ3n) is 3.38. The van der Waals surface area contributed by atoms with Crippen molar-refractivity contribution in [3.8, 4) is 6.07 Å². The molecule has 0 aliphatic carbocycles. The standard InChI is InChI=1S/C13H17N3O3/c1-18-8-11-4-12(19-2)7-16(11)13(17)9-3-10(5-14)15-6-9/h3,6,11-12,15H,4,7-8H2,1-2H3/t11-,12+/m0/s1.